The van der Waals surface area contributed by atoms with Crippen molar-refractivity contribution in [3.63, 3.8) is 0 Å². The Balaban J connectivity index is 1.46. The van der Waals surface area contributed by atoms with Gasteiger partial charge in [0.25, 0.3) is 0 Å². The first-order valence-corrected chi connectivity index (χ1v) is 9.72. The third-order valence-electron chi connectivity index (χ3n) is 5.23. The van der Waals surface area contributed by atoms with E-state index in [1.807, 2.05) is 0 Å². The van der Waals surface area contributed by atoms with Gasteiger partial charge in [0.1, 0.15) is 0 Å². The number of hydrogen-bond acceptors (Lipinski definition) is 3. The molecular weight excluding hydrogens is 262 g/mol. The quantitative estimate of drug-likeness (QED) is 0.705. The first kappa shape index (κ1) is 14.6. The number of likely N-dealkylation sites (tertiary alicyclic amines) is 3. The summed E-state index contributed by atoms with van der Waals surface area (Å²) in [4.78, 5) is 8.05. The summed E-state index contributed by atoms with van der Waals surface area (Å²) in [7, 11) is 1.24. The molecule has 0 aromatic rings. The van der Waals surface area contributed by atoms with Crippen LogP contribution in [0.5, 0.6) is 0 Å². The van der Waals surface area contributed by atoms with Gasteiger partial charge in [-0.1, -0.05) is 5.20 Å². The Kier molecular flexibility index (Phi) is 5.18. The van der Waals surface area contributed by atoms with Crippen molar-refractivity contribution in [2.24, 2.45) is 0 Å². The zero-order valence-corrected chi connectivity index (χ0v) is 15.2. The van der Waals surface area contributed by atoms with Crippen LogP contribution in [0.15, 0.2) is 11.4 Å². The molecule has 0 N–H and O–H groups in total. The van der Waals surface area contributed by atoms with E-state index in [0.717, 1.165) is 6.17 Å². The van der Waals surface area contributed by atoms with E-state index in [0.29, 0.717) is 0 Å². The molecule has 0 amide bonds. The minimum absolute atomic E-state index is 0.777. The third-order valence-corrected chi connectivity index (χ3v) is 5.99. The molecular formula is C16H31N3Si. The molecule has 3 rings (SSSR count). The molecule has 3 aliphatic heterocycles. The molecule has 20 heavy (non-hydrogen) atoms. The Morgan fingerprint density at radius 1 is 0.950 bits per heavy atom. The molecule has 114 valence electrons. The molecule has 0 aliphatic carbocycles. The van der Waals surface area contributed by atoms with E-state index in [-0.39, 0.29) is 0 Å². The summed E-state index contributed by atoms with van der Waals surface area (Å²) in [6, 6.07) is 0. The van der Waals surface area contributed by atoms with Crippen LogP contribution in [0.25, 0.3) is 0 Å². The average molecular weight is 294 g/mol. The second kappa shape index (κ2) is 7.10. The van der Waals surface area contributed by atoms with Crippen LogP contribution in [0.1, 0.15) is 44.9 Å². The van der Waals surface area contributed by atoms with Crippen molar-refractivity contribution >= 4 is 10.2 Å². The summed E-state index contributed by atoms with van der Waals surface area (Å²) in [5, 5.41) is 1.71. The average Bonchev–Trinajstić information content (AvgIpc) is 3.18. The summed E-state index contributed by atoms with van der Waals surface area (Å²) in [5.74, 6) is 0. The predicted octanol–water partition coefficient (Wildman–Crippen LogP) is 1.20. The molecule has 0 spiro atoms. The van der Waals surface area contributed by atoms with Crippen molar-refractivity contribution in [3.05, 3.63) is 11.4 Å². The second-order valence-electron chi connectivity index (χ2n) is 6.87. The number of hydrogen-bond donors (Lipinski definition) is 0. The summed E-state index contributed by atoms with van der Waals surface area (Å²) >= 11 is 0. The van der Waals surface area contributed by atoms with E-state index >= 15 is 0 Å². The van der Waals surface area contributed by atoms with Gasteiger partial charge in [-0.2, -0.15) is 0 Å². The maximum Gasteiger partial charge on any atom is 0.0622 e. The highest BCUT2D eigenvalue weighted by atomic mass is 28.1. The van der Waals surface area contributed by atoms with Gasteiger partial charge in [0.15, 0.2) is 0 Å². The molecule has 3 heterocycles. The van der Waals surface area contributed by atoms with Gasteiger partial charge in [0.2, 0.25) is 0 Å². The molecule has 0 aromatic carbocycles. The lowest BCUT2D eigenvalue weighted by molar-refractivity contribution is 0.0976. The lowest BCUT2D eigenvalue weighted by Gasteiger charge is -2.32. The molecule has 4 heteroatoms. The number of rotatable bonds is 5. The minimum Gasteiger partial charge on any atom is -0.378 e. The van der Waals surface area contributed by atoms with Crippen molar-refractivity contribution in [1.82, 2.24) is 14.7 Å². The molecule has 1 atom stereocenters. The van der Waals surface area contributed by atoms with Crippen LogP contribution >= 0.6 is 0 Å². The Labute approximate surface area is 127 Å². The topological polar surface area (TPSA) is 9.72 Å². The van der Waals surface area contributed by atoms with E-state index in [1.165, 1.54) is 94.5 Å². The summed E-state index contributed by atoms with van der Waals surface area (Å²) < 4.78 is 0. The van der Waals surface area contributed by atoms with Crippen LogP contribution in [-0.4, -0.2) is 70.4 Å². The van der Waals surface area contributed by atoms with Crippen molar-refractivity contribution in [2.45, 2.75) is 51.1 Å². The normalized spacial score (nSPS) is 29.9. The summed E-state index contributed by atoms with van der Waals surface area (Å²) in [6.07, 6.45) is 13.0. The smallest absolute Gasteiger partial charge is 0.0622 e. The van der Waals surface area contributed by atoms with Crippen LogP contribution in [-0.2, 0) is 0 Å². The first-order chi connectivity index (χ1) is 9.83. The molecule has 3 nitrogen and oxygen atoms in total. The fourth-order valence-corrected chi connectivity index (χ4v) is 4.68. The molecule has 3 saturated heterocycles. The summed E-state index contributed by atoms with van der Waals surface area (Å²) in [5.41, 5.74) is 0. The van der Waals surface area contributed by atoms with Crippen LogP contribution in [0.4, 0.5) is 0 Å². The van der Waals surface area contributed by atoms with Gasteiger partial charge in [-0.05, 0) is 70.8 Å². The van der Waals surface area contributed by atoms with Crippen molar-refractivity contribution < 1.29 is 0 Å². The van der Waals surface area contributed by atoms with Crippen LogP contribution in [0.3, 0.4) is 0 Å². The molecule has 0 bridgehead atoms. The fraction of sp³-hybridized carbons (Fsp3) is 0.875. The predicted molar refractivity (Wildman–Crippen MR) is 88.8 cm³/mol. The highest BCUT2D eigenvalue weighted by Gasteiger charge is 2.30. The van der Waals surface area contributed by atoms with Gasteiger partial charge in [-0.15, -0.1) is 0 Å². The van der Waals surface area contributed by atoms with Gasteiger partial charge in [0.05, 0.1) is 6.17 Å². The van der Waals surface area contributed by atoms with E-state index in [2.05, 4.69) is 20.9 Å². The van der Waals surface area contributed by atoms with Crippen LogP contribution < -0.4 is 0 Å². The molecule has 0 radical (unpaired) electrons. The van der Waals surface area contributed by atoms with Crippen LogP contribution in [0, 0.1) is 0 Å². The largest absolute Gasteiger partial charge is 0.378 e. The van der Waals surface area contributed by atoms with Gasteiger partial charge in [-0.25, -0.2) is 0 Å². The van der Waals surface area contributed by atoms with E-state index in [9.17, 15) is 0 Å². The Morgan fingerprint density at radius 2 is 1.65 bits per heavy atom. The molecule has 0 aromatic heterocycles. The number of nitrogens with zero attached hydrogens (tertiary/aromatic N) is 3. The Morgan fingerprint density at radius 3 is 2.40 bits per heavy atom. The molecule has 1 unspecified atom stereocenters. The third kappa shape index (κ3) is 3.65. The molecule has 0 saturated carbocycles. The van der Waals surface area contributed by atoms with Crippen LogP contribution in [0.2, 0.25) is 0 Å². The SMILES string of the molecule is [SiH3]C(=CN1CCCC1)CCN1CCCC1N1CCCC1. The van der Waals surface area contributed by atoms with E-state index in [4.69, 9.17) is 0 Å². The maximum absolute atomic E-state index is 2.76. The van der Waals surface area contributed by atoms with Gasteiger partial charge >= 0.3 is 0 Å². The van der Waals surface area contributed by atoms with Gasteiger partial charge in [-0.3, -0.25) is 9.80 Å². The lowest BCUT2D eigenvalue weighted by atomic mass is 10.3. The lowest BCUT2D eigenvalue weighted by Crippen LogP contribution is -2.43. The van der Waals surface area contributed by atoms with Crippen molar-refractivity contribution in [3.8, 4) is 0 Å². The highest BCUT2D eigenvalue weighted by Crippen LogP contribution is 2.24. The van der Waals surface area contributed by atoms with Gasteiger partial charge in [0, 0.05) is 29.9 Å². The van der Waals surface area contributed by atoms with E-state index < -0.39 is 0 Å². The minimum atomic E-state index is 0.777. The van der Waals surface area contributed by atoms with Gasteiger partial charge < -0.3 is 4.90 Å². The molecule has 3 aliphatic rings. The Hall–Kier alpha value is -0.323. The van der Waals surface area contributed by atoms with Crippen molar-refractivity contribution in [2.75, 3.05) is 39.3 Å². The zero-order chi connectivity index (χ0) is 13.8. The first-order valence-electron chi connectivity index (χ1n) is 8.72. The maximum atomic E-state index is 2.76. The molecule has 3 fully saturated rings. The highest BCUT2D eigenvalue weighted by molar-refractivity contribution is 6.21. The Bertz CT molecular complexity index is 333. The second-order valence-corrected chi connectivity index (χ2v) is 8.15. The monoisotopic (exact) mass is 293 g/mol. The van der Waals surface area contributed by atoms with Crippen molar-refractivity contribution in [1.29, 1.82) is 0 Å². The van der Waals surface area contributed by atoms with E-state index in [1.54, 1.807) is 5.20 Å². The standard InChI is InChI=1S/C16H31N3Si/c20-15(14-17-8-1-2-9-17)7-13-19-12-5-6-16(19)18-10-3-4-11-18/h14,16H,1-13H2,20H3. The zero-order valence-electron chi connectivity index (χ0n) is 13.2. The summed E-state index contributed by atoms with van der Waals surface area (Å²) in [6.45, 7) is 7.92. The fourth-order valence-electron chi connectivity index (χ4n) is 4.09.